The molecule has 3 aromatic rings. The third-order valence-electron chi connectivity index (χ3n) is 4.51. The first kappa shape index (κ1) is 21.9. The van der Waals surface area contributed by atoms with E-state index in [9.17, 15) is 9.59 Å². The molecule has 0 aliphatic heterocycles. The van der Waals surface area contributed by atoms with Crippen LogP contribution in [0.25, 0.3) is 0 Å². The number of benzene rings is 3. The lowest BCUT2D eigenvalue weighted by molar-refractivity contribution is -0.114. The van der Waals surface area contributed by atoms with E-state index < -0.39 is 0 Å². The molecule has 0 saturated carbocycles. The van der Waals surface area contributed by atoms with Crippen LogP contribution in [0.15, 0.2) is 78.9 Å². The predicted octanol–water partition coefficient (Wildman–Crippen LogP) is 5.17. The summed E-state index contributed by atoms with van der Waals surface area (Å²) in [6.45, 7) is 2.91. The average Bonchev–Trinajstić information content (AvgIpc) is 2.80. The van der Waals surface area contributed by atoms with Crippen LogP contribution in [0.4, 0.5) is 17.1 Å². The summed E-state index contributed by atoms with van der Waals surface area (Å²) in [5, 5.41) is 8.78. The van der Waals surface area contributed by atoms with E-state index >= 15 is 0 Å². The van der Waals surface area contributed by atoms with Crippen LogP contribution in [-0.4, -0.2) is 25.0 Å². The molecule has 160 valence electrons. The van der Waals surface area contributed by atoms with E-state index in [1.54, 1.807) is 24.3 Å². The molecule has 6 heteroatoms. The topological polar surface area (TPSA) is 79.5 Å². The lowest BCUT2D eigenvalue weighted by atomic mass is 10.2. The first-order valence-corrected chi connectivity index (χ1v) is 10.4. The molecule has 0 aliphatic rings. The van der Waals surface area contributed by atoms with Gasteiger partial charge in [-0.05, 0) is 61.0 Å². The molecule has 0 saturated heterocycles. The standard InChI is InChI=1S/C25H27N3O3/c1-2-3-16-31-23-14-12-20(13-15-23)27-24(29)18-26-21-10-7-11-22(17-21)28-25(30)19-8-5-4-6-9-19/h4-15,17,26H,2-3,16,18H2,1H3,(H,27,29)(H,28,30). The van der Waals surface area contributed by atoms with Crippen molar-refractivity contribution in [1.29, 1.82) is 0 Å². The molecule has 3 N–H and O–H groups in total. The van der Waals surface area contributed by atoms with E-state index in [1.807, 2.05) is 54.6 Å². The number of hydrogen-bond donors (Lipinski definition) is 3. The van der Waals surface area contributed by atoms with Crippen LogP contribution in [-0.2, 0) is 4.79 Å². The molecule has 0 fully saturated rings. The summed E-state index contributed by atoms with van der Waals surface area (Å²) in [6.07, 6.45) is 2.10. The summed E-state index contributed by atoms with van der Waals surface area (Å²) in [6, 6.07) is 23.6. The zero-order valence-electron chi connectivity index (χ0n) is 17.6. The number of nitrogens with one attached hydrogen (secondary N) is 3. The van der Waals surface area contributed by atoms with Crippen LogP contribution >= 0.6 is 0 Å². The normalized spacial score (nSPS) is 10.2. The summed E-state index contributed by atoms with van der Waals surface area (Å²) >= 11 is 0. The van der Waals surface area contributed by atoms with Gasteiger partial charge in [-0.2, -0.15) is 0 Å². The molecule has 2 amide bonds. The van der Waals surface area contributed by atoms with Gasteiger partial charge in [0.1, 0.15) is 5.75 Å². The second-order valence-corrected chi connectivity index (χ2v) is 7.03. The van der Waals surface area contributed by atoms with E-state index in [4.69, 9.17) is 4.74 Å². The van der Waals surface area contributed by atoms with Gasteiger partial charge in [-0.3, -0.25) is 9.59 Å². The Balaban J connectivity index is 1.48. The number of ether oxygens (including phenoxy) is 1. The van der Waals surface area contributed by atoms with Gasteiger partial charge in [0, 0.05) is 22.6 Å². The fourth-order valence-corrected chi connectivity index (χ4v) is 2.86. The maximum atomic E-state index is 12.3. The van der Waals surface area contributed by atoms with E-state index in [1.165, 1.54) is 0 Å². The highest BCUT2D eigenvalue weighted by Crippen LogP contribution is 2.17. The van der Waals surface area contributed by atoms with Gasteiger partial charge in [0.05, 0.1) is 13.2 Å². The highest BCUT2D eigenvalue weighted by atomic mass is 16.5. The Morgan fingerprint density at radius 2 is 1.55 bits per heavy atom. The summed E-state index contributed by atoms with van der Waals surface area (Å²) in [5.41, 5.74) is 2.68. The fraction of sp³-hybridized carbons (Fsp3) is 0.200. The Morgan fingerprint density at radius 1 is 0.806 bits per heavy atom. The average molecular weight is 418 g/mol. The number of unbranched alkanes of at least 4 members (excludes halogenated alkanes) is 1. The van der Waals surface area contributed by atoms with Crippen LogP contribution < -0.4 is 20.7 Å². The molecule has 6 nitrogen and oxygen atoms in total. The molecule has 0 atom stereocenters. The van der Waals surface area contributed by atoms with E-state index in [0.29, 0.717) is 23.5 Å². The van der Waals surface area contributed by atoms with Gasteiger partial charge in [0.2, 0.25) is 5.91 Å². The third kappa shape index (κ3) is 7.19. The van der Waals surface area contributed by atoms with E-state index in [-0.39, 0.29) is 18.4 Å². The Hall–Kier alpha value is -3.80. The van der Waals surface area contributed by atoms with Crippen molar-refractivity contribution in [3.63, 3.8) is 0 Å². The van der Waals surface area contributed by atoms with Crippen molar-refractivity contribution in [3.8, 4) is 5.75 Å². The predicted molar refractivity (Wildman–Crippen MR) is 125 cm³/mol. The van der Waals surface area contributed by atoms with Gasteiger partial charge in [-0.1, -0.05) is 37.6 Å². The summed E-state index contributed by atoms with van der Waals surface area (Å²) in [4.78, 5) is 24.5. The summed E-state index contributed by atoms with van der Waals surface area (Å²) in [7, 11) is 0. The molecule has 0 spiro atoms. The Labute approximate surface area is 182 Å². The van der Waals surface area contributed by atoms with Gasteiger partial charge in [0.25, 0.3) is 5.91 Å². The number of anilines is 3. The lowest BCUT2D eigenvalue weighted by Gasteiger charge is -2.11. The number of amides is 2. The monoisotopic (exact) mass is 417 g/mol. The van der Waals surface area contributed by atoms with Crippen molar-refractivity contribution in [1.82, 2.24) is 0 Å². The molecule has 0 unspecified atom stereocenters. The van der Waals surface area contributed by atoms with Crippen LogP contribution in [0.2, 0.25) is 0 Å². The van der Waals surface area contributed by atoms with Gasteiger partial charge in [-0.15, -0.1) is 0 Å². The maximum absolute atomic E-state index is 12.3. The lowest BCUT2D eigenvalue weighted by Crippen LogP contribution is -2.21. The largest absolute Gasteiger partial charge is 0.494 e. The van der Waals surface area contributed by atoms with Crippen LogP contribution in [0.5, 0.6) is 5.75 Å². The number of hydrogen-bond acceptors (Lipinski definition) is 4. The minimum atomic E-state index is -0.183. The van der Waals surface area contributed by atoms with Gasteiger partial charge >= 0.3 is 0 Å². The first-order valence-electron chi connectivity index (χ1n) is 10.4. The molecule has 3 rings (SSSR count). The van der Waals surface area contributed by atoms with Gasteiger partial charge < -0.3 is 20.7 Å². The van der Waals surface area contributed by atoms with Crippen molar-refractivity contribution in [2.24, 2.45) is 0 Å². The third-order valence-corrected chi connectivity index (χ3v) is 4.51. The molecule has 0 aromatic heterocycles. The molecule has 3 aromatic carbocycles. The second kappa shape index (κ2) is 11.4. The molecule has 0 heterocycles. The Bertz CT molecular complexity index is 988. The minimum absolute atomic E-state index is 0.102. The quantitative estimate of drug-likeness (QED) is 0.398. The van der Waals surface area contributed by atoms with Gasteiger partial charge in [-0.25, -0.2) is 0 Å². The number of carbonyl (C=O) groups is 2. The number of carbonyl (C=O) groups excluding carboxylic acids is 2. The second-order valence-electron chi connectivity index (χ2n) is 7.03. The van der Waals surface area contributed by atoms with Crippen molar-refractivity contribution in [2.75, 3.05) is 29.1 Å². The molecule has 31 heavy (non-hydrogen) atoms. The fourth-order valence-electron chi connectivity index (χ4n) is 2.86. The molecule has 0 bridgehead atoms. The highest BCUT2D eigenvalue weighted by molar-refractivity contribution is 6.04. The summed E-state index contributed by atoms with van der Waals surface area (Å²) < 4.78 is 5.62. The number of rotatable bonds is 10. The van der Waals surface area contributed by atoms with Crippen molar-refractivity contribution < 1.29 is 14.3 Å². The Morgan fingerprint density at radius 3 is 2.29 bits per heavy atom. The molecule has 0 aliphatic carbocycles. The van der Waals surface area contributed by atoms with Crippen LogP contribution in [0.3, 0.4) is 0 Å². The Kier molecular flexibility index (Phi) is 8.05. The van der Waals surface area contributed by atoms with E-state index in [0.717, 1.165) is 24.3 Å². The van der Waals surface area contributed by atoms with Crippen molar-refractivity contribution in [3.05, 3.63) is 84.4 Å². The molecular formula is C25H27N3O3. The van der Waals surface area contributed by atoms with Gasteiger partial charge in [0.15, 0.2) is 0 Å². The molecule has 0 radical (unpaired) electrons. The first-order chi connectivity index (χ1) is 15.1. The smallest absolute Gasteiger partial charge is 0.255 e. The zero-order valence-corrected chi connectivity index (χ0v) is 17.6. The molecular weight excluding hydrogens is 390 g/mol. The van der Waals surface area contributed by atoms with Crippen molar-refractivity contribution >= 4 is 28.9 Å². The van der Waals surface area contributed by atoms with Crippen LogP contribution in [0, 0.1) is 0 Å². The minimum Gasteiger partial charge on any atom is -0.494 e. The van der Waals surface area contributed by atoms with Crippen LogP contribution in [0.1, 0.15) is 30.1 Å². The zero-order chi connectivity index (χ0) is 21.9. The van der Waals surface area contributed by atoms with E-state index in [2.05, 4.69) is 22.9 Å². The maximum Gasteiger partial charge on any atom is 0.255 e. The SMILES string of the molecule is CCCCOc1ccc(NC(=O)CNc2cccc(NC(=O)c3ccccc3)c2)cc1. The van der Waals surface area contributed by atoms with Crippen molar-refractivity contribution in [2.45, 2.75) is 19.8 Å². The summed E-state index contributed by atoms with van der Waals surface area (Å²) in [5.74, 6) is 0.440. The highest BCUT2D eigenvalue weighted by Gasteiger charge is 2.07.